The second-order valence-corrected chi connectivity index (χ2v) is 3.02. The summed E-state index contributed by atoms with van der Waals surface area (Å²) in [4.78, 5) is 0. The van der Waals surface area contributed by atoms with Crippen molar-refractivity contribution < 1.29 is 10.1 Å². The second-order valence-electron chi connectivity index (χ2n) is 3.02. The van der Waals surface area contributed by atoms with Crippen molar-refractivity contribution >= 4 is 0 Å². The Labute approximate surface area is 63.0 Å². The van der Waals surface area contributed by atoms with Crippen LogP contribution in [0.3, 0.4) is 0 Å². The van der Waals surface area contributed by atoms with Crippen molar-refractivity contribution in [3.8, 4) is 0 Å². The highest BCUT2D eigenvalue weighted by Crippen LogP contribution is 2.30. The largest absolute Gasteiger partial charge is 0.380 e. The molecular formula is C8H18NO+. The standard InChI is InChI=1S/C6H11NO.C2H6/c1-2-7-3-6(1)4-8-5-6;1-2/h7H,1-5H2;1-2H3/p+1. The molecule has 60 valence electrons. The highest BCUT2D eigenvalue weighted by Gasteiger charge is 2.43. The fourth-order valence-corrected chi connectivity index (χ4v) is 1.57. The molecule has 0 unspecified atom stereocenters. The van der Waals surface area contributed by atoms with Gasteiger partial charge in [-0.05, 0) is 0 Å². The summed E-state index contributed by atoms with van der Waals surface area (Å²) in [5.41, 5.74) is 0.639. The molecule has 0 atom stereocenters. The van der Waals surface area contributed by atoms with Crippen LogP contribution in [0.15, 0.2) is 0 Å². The van der Waals surface area contributed by atoms with E-state index >= 15 is 0 Å². The van der Waals surface area contributed by atoms with Crippen molar-refractivity contribution in [3.63, 3.8) is 0 Å². The molecule has 2 aliphatic heterocycles. The van der Waals surface area contributed by atoms with E-state index < -0.39 is 0 Å². The van der Waals surface area contributed by atoms with E-state index in [1.54, 1.807) is 0 Å². The maximum absolute atomic E-state index is 5.14. The van der Waals surface area contributed by atoms with Gasteiger partial charge in [0.15, 0.2) is 0 Å². The molecule has 0 bridgehead atoms. The maximum Gasteiger partial charge on any atom is 0.0859 e. The Hall–Kier alpha value is -0.0800. The van der Waals surface area contributed by atoms with Gasteiger partial charge in [0.2, 0.25) is 0 Å². The van der Waals surface area contributed by atoms with Gasteiger partial charge in [-0.15, -0.1) is 0 Å². The van der Waals surface area contributed by atoms with Gasteiger partial charge < -0.3 is 10.1 Å². The predicted molar refractivity (Wildman–Crippen MR) is 40.9 cm³/mol. The first-order valence-corrected chi connectivity index (χ1v) is 4.31. The summed E-state index contributed by atoms with van der Waals surface area (Å²) in [6.45, 7) is 8.70. The molecule has 0 aromatic carbocycles. The summed E-state index contributed by atoms with van der Waals surface area (Å²) < 4.78 is 5.14. The zero-order valence-corrected chi connectivity index (χ0v) is 7.02. The molecule has 0 aromatic rings. The minimum atomic E-state index is 0.639. The first-order chi connectivity index (χ1) is 4.91. The molecule has 2 heteroatoms. The lowest BCUT2D eigenvalue weighted by molar-refractivity contribution is -0.643. The van der Waals surface area contributed by atoms with Gasteiger partial charge in [0.25, 0.3) is 0 Å². The van der Waals surface area contributed by atoms with Gasteiger partial charge in [-0.3, -0.25) is 0 Å². The number of ether oxygens (including phenoxy) is 1. The van der Waals surface area contributed by atoms with Crippen molar-refractivity contribution in [1.29, 1.82) is 0 Å². The van der Waals surface area contributed by atoms with Gasteiger partial charge in [-0.1, -0.05) is 13.8 Å². The molecule has 1 spiro atoms. The van der Waals surface area contributed by atoms with Gasteiger partial charge in [0, 0.05) is 6.42 Å². The lowest BCUT2D eigenvalue weighted by atomic mass is 9.86. The van der Waals surface area contributed by atoms with E-state index in [1.165, 1.54) is 19.5 Å². The van der Waals surface area contributed by atoms with Gasteiger partial charge in [0.1, 0.15) is 0 Å². The molecule has 10 heavy (non-hydrogen) atoms. The number of hydrogen-bond acceptors (Lipinski definition) is 1. The van der Waals surface area contributed by atoms with E-state index in [4.69, 9.17) is 4.74 Å². The minimum Gasteiger partial charge on any atom is -0.380 e. The van der Waals surface area contributed by atoms with E-state index in [0.717, 1.165) is 13.2 Å². The summed E-state index contributed by atoms with van der Waals surface area (Å²) in [6, 6.07) is 0. The zero-order chi connectivity index (χ0) is 7.45. The number of nitrogens with two attached hydrogens (primary N) is 1. The summed E-state index contributed by atoms with van der Waals surface area (Å²) in [7, 11) is 0. The lowest BCUT2D eigenvalue weighted by Gasteiger charge is -2.34. The normalized spacial score (nSPS) is 27.0. The van der Waals surface area contributed by atoms with Gasteiger partial charge in [0.05, 0.1) is 31.7 Å². The molecule has 0 aliphatic carbocycles. The SMILES string of the molecule is C1CC2(C[NH2+]1)COC2.CC. The number of hydrogen-bond donors (Lipinski definition) is 1. The Morgan fingerprint density at radius 3 is 2.20 bits per heavy atom. The van der Waals surface area contributed by atoms with Crippen LogP contribution in [0.2, 0.25) is 0 Å². The quantitative estimate of drug-likeness (QED) is 0.508. The molecule has 2 fully saturated rings. The first kappa shape index (κ1) is 8.02. The summed E-state index contributed by atoms with van der Waals surface area (Å²) in [5, 5.41) is 2.39. The fraction of sp³-hybridized carbons (Fsp3) is 1.00. The minimum absolute atomic E-state index is 0.639. The first-order valence-electron chi connectivity index (χ1n) is 4.31. The molecule has 2 saturated heterocycles. The smallest absolute Gasteiger partial charge is 0.0859 e. The van der Waals surface area contributed by atoms with Crippen LogP contribution < -0.4 is 5.32 Å². The second kappa shape index (κ2) is 3.35. The van der Waals surface area contributed by atoms with E-state index in [0.29, 0.717) is 5.41 Å². The van der Waals surface area contributed by atoms with Crippen molar-refractivity contribution in [1.82, 2.24) is 0 Å². The molecule has 2 rings (SSSR count). The molecule has 0 aromatic heterocycles. The number of rotatable bonds is 0. The highest BCUT2D eigenvalue weighted by atomic mass is 16.5. The fourth-order valence-electron chi connectivity index (χ4n) is 1.57. The predicted octanol–water partition coefficient (Wildman–Crippen LogP) is -0.00370. The lowest BCUT2D eigenvalue weighted by Crippen LogP contribution is -2.82. The molecule has 2 heterocycles. The third-order valence-corrected chi connectivity index (χ3v) is 2.27. The van der Waals surface area contributed by atoms with Crippen LogP contribution in [-0.4, -0.2) is 26.3 Å². The Kier molecular flexibility index (Phi) is 2.69. The Bertz CT molecular complexity index is 91.4. The van der Waals surface area contributed by atoms with Crippen molar-refractivity contribution in [2.75, 3.05) is 26.3 Å². The Morgan fingerprint density at radius 1 is 1.30 bits per heavy atom. The molecular weight excluding hydrogens is 126 g/mol. The van der Waals surface area contributed by atoms with Gasteiger partial charge in [-0.25, -0.2) is 0 Å². The molecule has 0 amide bonds. The van der Waals surface area contributed by atoms with Crippen LogP contribution in [0.4, 0.5) is 0 Å². The Balaban J connectivity index is 0.000000231. The van der Waals surface area contributed by atoms with Crippen LogP contribution in [-0.2, 0) is 4.74 Å². The van der Waals surface area contributed by atoms with E-state index in [-0.39, 0.29) is 0 Å². The van der Waals surface area contributed by atoms with E-state index in [1.807, 2.05) is 13.8 Å². The van der Waals surface area contributed by atoms with Crippen LogP contribution in [0, 0.1) is 5.41 Å². The van der Waals surface area contributed by atoms with Crippen LogP contribution in [0.5, 0.6) is 0 Å². The van der Waals surface area contributed by atoms with Crippen LogP contribution >= 0.6 is 0 Å². The number of quaternary nitrogens is 1. The van der Waals surface area contributed by atoms with Crippen molar-refractivity contribution in [2.45, 2.75) is 20.3 Å². The van der Waals surface area contributed by atoms with E-state index in [2.05, 4.69) is 5.32 Å². The topological polar surface area (TPSA) is 25.8 Å². The molecule has 2 aliphatic rings. The molecule has 2 N–H and O–H groups in total. The van der Waals surface area contributed by atoms with E-state index in [9.17, 15) is 0 Å². The monoisotopic (exact) mass is 144 g/mol. The average molecular weight is 144 g/mol. The van der Waals surface area contributed by atoms with Gasteiger partial charge in [-0.2, -0.15) is 0 Å². The van der Waals surface area contributed by atoms with Gasteiger partial charge >= 0.3 is 0 Å². The molecule has 2 nitrogen and oxygen atoms in total. The molecule has 0 radical (unpaired) electrons. The maximum atomic E-state index is 5.14. The van der Waals surface area contributed by atoms with Crippen molar-refractivity contribution in [3.05, 3.63) is 0 Å². The Morgan fingerprint density at radius 2 is 2.00 bits per heavy atom. The zero-order valence-electron chi connectivity index (χ0n) is 7.02. The third-order valence-electron chi connectivity index (χ3n) is 2.27. The summed E-state index contributed by atoms with van der Waals surface area (Å²) in [6.07, 6.45) is 1.38. The summed E-state index contributed by atoms with van der Waals surface area (Å²) >= 11 is 0. The van der Waals surface area contributed by atoms with Crippen LogP contribution in [0.25, 0.3) is 0 Å². The van der Waals surface area contributed by atoms with Crippen LogP contribution in [0.1, 0.15) is 20.3 Å². The third kappa shape index (κ3) is 1.32. The van der Waals surface area contributed by atoms with Crippen molar-refractivity contribution in [2.24, 2.45) is 5.41 Å². The average Bonchev–Trinajstić information content (AvgIpc) is 2.38. The molecule has 0 saturated carbocycles. The highest BCUT2D eigenvalue weighted by molar-refractivity contribution is 4.86. The summed E-state index contributed by atoms with van der Waals surface area (Å²) in [5.74, 6) is 0.